The number of carbonyl (C=O) groups excluding carboxylic acids is 1. The quantitative estimate of drug-likeness (QED) is 0.631. The summed E-state index contributed by atoms with van der Waals surface area (Å²) in [7, 11) is 0. The van der Waals surface area contributed by atoms with Crippen molar-refractivity contribution in [3.8, 4) is 5.75 Å². The lowest BCUT2D eigenvalue weighted by Gasteiger charge is -2.05. The number of aromatic nitrogens is 2. The highest BCUT2D eigenvalue weighted by atomic mass is 16.5. The first kappa shape index (κ1) is 15.4. The van der Waals surface area contributed by atoms with Gasteiger partial charge >= 0.3 is 5.97 Å². The van der Waals surface area contributed by atoms with Crippen molar-refractivity contribution in [2.75, 3.05) is 6.61 Å². The average Bonchev–Trinajstić information content (AvgIpc) is 2.78. The molecule has 1 heterocycles. The minimum Gasteiger partial charge on any atom is -0.508 e. The first-order chi connectivity index (χ1) is 10.0. The van der Waals surface area contributed by atoms with Gasteiger partial charge < -0.3 is 14.8 Å². The number of unbranched alkanes of at least 4 members (excludes halogenated alkanes) is 1. The first-order valence-corrected chi connectivity index (χ1v) is 7.40. The van der Waals surface area contributed by atoms with E-state index in [0.717, 1.165) is 25.1 Å². The van der Waals surface area contributed by atoms with Crippen LogP contribution in [-0.4, -0.2) is 27.7 Å². The maximum absolute atomic E-state index is 12.1. The number of nitrogens with zero attached hydrogens (tertiary/aromatic N) is 1. The highest BCUT2D eigenvalue weighted by Crippen LogP contribution is 2.24. The van der Waals surface area contributed by atoms with E-state index in [0.29, 0.717) is 29.1 Å². The number of phenols is 1. The number of hydrogen-bond donors (Lipinski definition) is 2. The van der Waals surface area contributed by atoms with Gasteiger partial charge in [0.2, 0.25) is 0 Å². The van der Waals surface area contributed by atoms with Crippen molar-refractivity contribution in [2.24, 2.45) is 5.92 Å². The van der Waals surface area contributed by atoms with Crippen LogP contribution in [0.25, 0.3) is 11.0 Å². The van der Waals surface area contributed by atoms with Crippen LogP contribution in [0.2, 0.25) is 0 Å². The Morgan fingerprint density at radius 2 is 2.19 bits per heavy atom. The summed E-state index contributed by atoms with van der Waals surface area (Å²) in [5.74, 6) is 0.865. The molecule has 0 amide bonds. The summed E-state index contributed by atoms with van der Waals surface area (Å²) in [6.45, 7) is 6.62. The molecule has 0 aliphatic rings. The lowest BCUT2D eigenvalue weighted by atomic mass is 10.1. The molecule has 0 saturated carbocycles. The van der Waals surface area contributed by atoms with Gasteiger partial charge in [0, 0.05) is 12.5 Å². The molecule has 0 saturated heterocycles. The highest BCUT2D eigenvalue weighted by Gasteiger charge is 2.17. The Morgan fingerprint density at radius 3 is 2.86 bits per heavy atom. The number of ether oxygens (including phenoxy) is 1. The number of aromatic amines is 1. The number of nitrogens with one attached hydrogen (secondary N) is 1. The smallest absolute Gasteiger partial charge is 0.340 e. The second-order valence-electron chi connectivity index (χ2n) is 5.66. The molecule has 0 aliphatic heterocycles. The van der Waals surface area contributed by atoms with Crippen LogP contribution >= 0.6 is 0 Å². The van der Waals surface area contributed by atoms with Crippen LogP contribution in [0.3, 0.4) is 0 Å². The van der Waals surface area contributed by atoms with Gasteiger partial charge in [0.25, 0.3) is 0 Å². The van der Waals surface area contributed by atoms with Crippen LogP contribution < -0.4 is 0 Å². The van der Waals surface area contributed by atoms with Crippen molar-refractivity contribution >= 4 is 17.0 Å². The van der Waals surface area contributed by atoms with Crippen LogP contribution in [0.5, 0.6) is 5.75 Å². The number of carbonyl (C=O) groups is 1. The fourth-order valence-electron chi connectivity index (χ4n) is 2.18. The SMILES string of the molecule is CCCCOC(=O)c1cc(O)cc2[nH]c(CC(C)C)nc12. The summed E-state index contributed by atoms with van der Waals surface area (Å²) in [4.78, 5) is 19.8. The second-order valence-corrected chi connectivity index (χ2v) is 5.66. The number of H-pyrrole nitrogens is 1. The third-order valence-corrected chi connectivity index (χ3v) is 3.17. The van der Waals surface area contributed by atoms with E-state index in [1.54, 1.807) is 6.07 Å². The van der Waals surface area contributed by atoms with Gasteiger partial charge in [-0.15, -0.1) is 0 Å². The third-order valence-electron chi connectivity index (χ3n) is 3.17. The van der Waals surface area contributed by atoms with Gasteiger partial charge in [-0.2, -0.15) is 0 Å². The molecule has 2 rings (SSSR count). The van der Waals surface area contributed by atoms with Crippen molar-refractivity contribution in [2.45, 2.75) is 40.0 Å². The molecule has 0 bridgehead atoms. The van der Waals surface area contributed by atoms with Gasteiger partial charge in [-0.05, 0) is 18.4 Å². The van der Waals surface area contributed by atoms with Gasteiger partial charge in [-0.1, -0.05) is 27.2 Å². The number of benzene rings is 1. The monoisotopic (exact) mass is 290 g/mol. The molecular weight excluding hydrogens is 268 g/mol. The molecule has 0 aliphatic carbocycles. The molecule has 0 fully saturated rings. The Kier molecular flexibility index (Phi) is 4.83. The van der Waals surface area contributed by atoms with Crippen LogP contribution in [0.15, 0.2) is 12.1 Å². The Balaban J connectivity index is 2.33. The predicted molar refractivity (Wildman–Crippen MR) is 81.5 cm³/mol. The first-order valence-electron chi connectivity index (χ1n) is 7.40. The summed E-state index contributed by atoms with van der Waals surface area (Å²) in [6, 6.07) is 2.99. The Hall–Kier alpha value is -2.04. The minimum atomic E-state index is -0.438. The molecule has 2 aromatic rings. The van der Waals surface area contributed by atoms with E-state index in [-0.39, 0.29) is 5.75 Å². The molecule has 114 valence electrons. The molecule has 1 aromatic heterocycles. The zero-order valence-corrected chi connectivity index (χ0v) is 12.8. The van der Waals surface area contributed by atoms with Crippen molar-refractivity contribution in [1.82, 2.24) is 9.97 Å². The van der Waals surface area contributed by atoms with Crippen molar-refractivity contribution in [3.05, 3.63) is 23.5 Å². The van der Waals surface area contributed by atoms with Gasteiger partial charge in [0.15, 0.2) is 0 Å². The molecule has 1 aromatic carbocycles. The Bertz CT molecular complexity index is 632. The van der Waals surface area contributed by atoms with Crippen molar-refractivity contribution in [3.63, 3.8) is 0 Å². The fourth-order valence-corrected chi connectivity index (χ4v) is 2.18. The maximum atomic E-state index is 12.1. The van der Waals surface area contributed by atoms with Crippen LogP contribution in [0, 0.1) is 5.92 Å². The standard InChI is InChI=1S/C16H22N2O3/c1-4-5-6-21-16(20)12-8-11(19)9-13-15(12)18-14(17-13)7-10(2)3/h8-10,19H,4-7H2,1-3H3,(H,17,18). The lowest BCUT2D eigenvalue weighted by molar-refractivity contribution is 0.0501. The van der Waals surface area contributed by atoms with Gasteiger partial charge in [0.05, 0.1) is 17.7 Å². The number of fused-ring (bicyclic) bond motifs is 1. The summed E-state index contributed by atoms with van der Waals surface area (Å²) in [5, 5.41) is 9.77. The molecule has 0 spiro atoms. The molecule has 0 unspecified atom stereocenters. The Morgan fingerprint density at radius 1 is 1.43 bits per heavy atom. The topological polar surface area (TPSA) is 75.2 Å². The number of imidazole rings is 1. The van der Waals surface area contributed by atoms with E-state index in [9.17, 15) is 9.90 Å². The largest absolute Gasteiger partial charge is 0.508 e. The highest BCUT2D eigenvalue weighted by molar-refractivity contribution is 6.02. The molecular formula is C16H22N2O3. The normalized spacial score (nSPS) is 11.2. The Labute approximate surface area is 124 Å². The lowest BCUT2D eigenvalue weighted by Crippen LogP contribution is -2.07. The average molecular weight is 290 g/mol. The third kappa shape index (κ3) is 3.74. The van der Waals surface area contributed by atoms with E-state index in [1.165, 1.54) is 6.07 Å². The molecule has 0 atom stereocenters. The van der Waals surface area contributed by atoms with E-state index in [2.05, 4.69) is 23.8 Å². The summed E-state index contributed by atoms with van der Waals surface area (Å²) in [5.41, 5.74) is 1.53. The molecule has 2 N–H and O–H groups in total. The van der Waals surface area contributed by atoms with Gasteiger partial charge in [0.1, 0.15) is 17.1 Å². The number of rotatable bonds is 6. The molecule has 21 heavy (non-hydrogen) atoms. The van der Waals surface area contributed by atoms with Crippen molar-refractivity contribution in [1.29, 1.82) is 0 Å². The molecule has 0 radical (unpaired) electrons. The maximum Gasteiger partial charge on any atom is 0.340 e. The second kappa shape index (κ2) is 6.61. The van der Waals surface area contributed by atoms with Crippen LogP contribution in [0.1, 0.15) is 49.8 Å². The number of phenolic OH excluding ortho intramolecular Hbond substituents is 1. The number of hydrogen-bond acceptors (Lipinski definition) is 4. The number of esters is 1. The summed E-state index contributed by atoms with van der Waals surface area (Å²) in [6.07, 6.45) is 2.58. The zero-order valence-electron chi connectivity index (χ0n) is 12.8. The van der Waals surface area contributed by atoms with Crippen LogP contribution in [-0.2, 0) is 11.2 Å². The molecule has 5 nitrogen and oxygen atoms in total. The predicted octanol–water partition coefficient (Wildman–Crippen LogP) is 3.42. The van der Waals surface area contributed by atoms with Crippen molar-refractivity contribution < 1.29 is 14.6 Å². The van der Waals surface area contributed by atoms with Crippen LogP contribution in [0.4, 0.5) is 0 Å². The van der Waals surface area contributed by atoms with Gasteiger partial charge in [-0.25, -0.2) is 9.78 Å². The molecule has 5 heteroatoms. The van der Waals surface area contributed by atoms with E-state index < -0.39 is 5.97 Å². The number of aromatic hydroxyl groups is 1. The van der Waals surface area contributed by atoms with E-state index >= 15 is 0 Å². The summed E-state index contributed by atoms with van der Waals surface area (Å²) >= 11 is 0. The zero-order chi connectivity index (χ0) is 15.4. The van der Waals surface area contributed by atoms with E-state index in [4.69, 9.17) is 4.74 Å². The minimum absolute atomic E-state index is 0.0321. The van der Waals surface area contributed by atoms with Gasteiger partial charge in [-0.3, -0.25) is 0 Å². The summed E-state index contributed by atoms with van der Waals surface area (Å²) < 4.78 is 5.22. The fraction of sp³-hybridized carbons (Fsp3) is 0.500. The van der Waals surface area contributed by atoms with E-state index in [1.807, 2.05) is 6.92 Å².